The second kappa shape index (κ2) is 10.3. The van der Waals surface area contributed by atoms with Crippen molar-refractivity contribution >= 4 is 12.1 Å². The van der Waals surface area contributed by atoms with E-state index in [1.165, 1.54) is 27.2 Å². The maximum absolute atomic E-state index is 12.3. The number of hydrogen-bond donors (Lipinski definition) is 0. The van der Waals surface area contributed by atoms with Gasteiger partial charge >= 0.3 is 0 Å². The average molecular weight is 374 g/mol. The van der Waals surface area contributed by atoms with E-state index < -0.39 is 0 Å². The molecule has 0 fully saturated rings. The Morgan fingerprint density at radius 1 is 0.963 bits per heavy atom. The van der Waals surface area contributed by atoms with E-state index in [4.69, 9.17) is 23.7 Å². The molecule has 2 aromatic rings. The van der Waals surface area contributed by atoms with Gasteiger partial charge in [0.25, 0.3) is 0 Å². The monoisotopic (exact) mass is 374 g/mol. The molecule has 0 heterocycles. The lowest BCUT2D eigenvalue weighted by Gasteiger charge is -2.19. The van der Waals surface area contributed by atoms with Crippen LogP contribution in [0.15, 0.2) is 36.4 Å². The fourth-order valence-electron chi connectivity index (χ4n) is 2.43. The van der Waals surface area contributed by atoms with Crippen molar-refractivity contribution in [1.82, 2.24) is 0 Å². The molecular weight excluding hydrogens is 352 g/mol. The number of Topliss-reactive ketones (excluding diaryl/α,β-unsaturated/α-hetero) is 1. The Balaban J connectivity index is 2.52. The third-order valence-corrected chi connectivity index (χ3v) is 3.61. The fraction of sp³-hybridized carbons (Fsp3) is 0.300. The summed E-state index contributed by atoms with van der Waals surface area (Å²) in [6.45, 7) is 1.37. The van der Waals surface area contributed by atoms with Gasteiger partial charge < -0.3 is 23.7 Å². The number of ether oxygens (including phenoxy) is 5. The van der Waals surface area contributed by atoms with Gasteiger partial charge in [0.2, 0.25) is 0 Å². The van der Waals surface area contributed by atoms with E-state index in [2.05, 4.69) is 0 Å². The van der Waals surface area contributed by atoms with Gasteiger partial charge in [-0.3, -0.25) is 9.59 Å². The highest BCUT2D eigenvalue weighted by Crippen LogP contribution is 2.39. The lowest BCUT2D eigenvalue weighted by atomic mass is 10.0. The minimum absolute atomic E-state index is 0.0808. The second-order valence-electron chi connectivity index (χ2n) is 5.54. The SMILES string of the molecule is COCOc1cc(OCOC)c(C(C)=O)c(OCc2ccccc2)c1C=O. The van der Waals surface area contributed by atoms with E-state index in [0.717, 1.165) is 5.56 Å². The molecule has 0 unspecified atom stereocenters. The van der Waals surface area contributed by atoms with E-state index in [9.17, 15) is 9.59 Å². The Bertz CT molecular complexity index is 772. The Labute approximate surface area is 157 Å². The van der Waals surface area contributed by atoms with Crippen LogP contribution in [-0.2, 0) is 16.1 Å². The summed E-state index contributed by atoms with van der Waals surface area (Å²) in [4.78, 5) is 24.0. The quantitative estimate of drug-likeness (QED) is 0.339. The van der Waals surface area contributed by atoms with Crippen LogP contribution < -0.4 is 14.2 Å². The van der Waals surface area contributed by atoms with Crippen molar-refractivity contribution < 1.29 is 33.3 Å². The molecule has 7 heteroatoms. The molecule has 0 atom stereocenters. The van der Waals surface area contributed by atoms with E-state index in [1.807, 2.05) is 30.3 Å². The predicted molar refractivity (Wildman–Crippen MR) is 97.6 cm³/mol. The first-order chi connectivity index (χ1) is 13.1. The minimum Gasteiger partial charge on any atom is -0.487 e. The number of rotatable bonds is 11. The number of ketones is 1. The summed E-state index contributed by atoms with van der Waals surface area (Å²) in [5.74, 6) is 0.168. The maximum Gasteiger partial charge on any atom is 0.188 e. The molecule has 27 heavy (non-hydrogen) atoms. The van der Waals surface area contributed by atoms with Crippen molar-refractivity contribution in [1.29, 1.82) is 0 Å². The highest BCUT2D eigenvalue weighted by Gasteiger charge is 2.24. The highest BCUT2D eigenvalue weighted by atomic mass is 16.7. The number of methoxy groups -OCH3 is 2. The molecule has 0 spiro atoms. The molecule has 0 bridgehead atoms. The zero-order valence-corrected chi connectivity index (χ0v) is 15.5. The summed E-state index contributed by atoms with van der Waals surface area (Å²) in [6.07, 6.45) is 0.581. The van der Waals surface area contributed by atoms with Gasteiger partial charge in [0, 0.05) is 20.3 Å². The number of carbonyl (C=O) groups is 2. The van der Waals surface area contributed by atoms with Gasteiger partial charge in [-0.05, 0) is 12.5 Å². The van der Waals surface area contributed by atoms with Crippen molar-refractivity contribution in [2.24, 2.45) is 0 Å². The van der Waals surface area contributed by atoms with Crippen LogP contribution in [0.3, 0.4) is 0 Å². The van der Waals surface area contributed by atoms with Crippen molar-refractivity contribution in [3.8, 4) is 17.2 Å². The van der Waals surface area contributed by atoms with Gasteiger partial charge in [0.15, 0.2) is 25.7 Å². The number of benzene rings is 2. The van der Waals surface area contributed by atoms with Gasteiger partial charge in [-0.15, -0.1) is 0 Å². The molecule has 2 rings (SSSR count). The molecule has 0 saturated heterocycles. The van der Waals surface area contributed by atoms with Crippen LogP contribution in [-0.4, -0.2) is 39.9 Å². The van der Waals surface area contributed by atoms with Crippen molar-refractivity contribution in [3.05, 3.63) is 53.1 Å². The van der Waals surface area contributed by atoms with Crippen LogP contribution in [0.25, 0.3) is 0 Å². The molecule has 7 nitrogen and oxygen atoms in total. The smallest absolute Gasteiger partial charge is 0.188 e. The normalized spacial score (nSPS) is 10.3. The fourth-order valence-corrected chi connectivity index (χ4v) is 2.43. The Morgan fingerprint density at radius 3 is 2.15 bits per heavy atom. The van der Waals surface area contributed by atoms with E-state index in [1.54, 1.807) is 0 Å². The standard InChI is InChI=1S/C20H22O7/c1-14(22)19-18(27-13-24-3)9-17(26-12-23-2)16(10-21)20(19)25-11-15-7-5-4-6-8-15/h4-10H,11-13H2,1-3H3. The Hall–Kier alpha value is -2.90. The topological polar surface area (TPSA) is 80.3 Å². The van der Waals surface area contributed by atoms with Crippen molar-refractivity contribution in [3.63, 3.8) is 0 Å². The van der Waals surface area contributed by atoms with Crippen LogP contribution in [0.5, 0.6) is 17.2 Å². The highest BCUT2D eigenvalue weighted by molar-refractivity contribution is 6.03. The first-order valence-electron chi connectivity index (χ1n) is 8.19. The minimum atomic E-state index is -0.314. The molecule has 0 aliphatic rings. The molecule has 0 saturated carbocycles. The summed E-state index contributed by atoms with van der Waals surface area (Å²) in [5, 5.41) is 0. The van der Waals surface area contributed by atoms with Crippen molar-refractivity contribution in [2.75, 3.05) is 27.8 Å². The predicted octanol–water partition coefficient (Wildman–Crippen LogP) is 3.25. The maximum atomic E-state index is 12.3. The molecule has 0 N–H and O–H groups in total. The van der Waals surface area contributed by atoms with Gasteiger partial charge in [-0.2, -0.15) is 0 Å². The Morgan fingerprint density at radius 2 is 1.59 bits per heavy atom. The first kappa shape index (κ1) is 20.4. The van der Waals surface area contributed by atoms with Gasteiger partial charge in [0.1, 0.15) is 29.4 Å². The summed E-state index contributed by atoms with van der Waals surface area (Å²) in [5.41, 5.74) is 1.14. The van der Waals surface area contributed by atoms with Crippen LogP contribution in [0.2, 0.25) is 0 Å². The van der Waals surface area contributed by atoms with Crippen LogP contribution >= 0.6 is 0 Å². The average Bonchev–Trinajstić information content (AvgIpc) is 2.68. The van der Waals surface area contributed by atoms with Crippen LogP contribution in [0, 0.1) is 0 Å². The number of carbonyl (C=O) groups excluding carboxylic acids is 2. The largest absolute Gasteiger partial charge is 0.487 e. The molecular formula is C20H22O7. The van der Waals surface area contributed by atoms with E-state index in [-0.39, 0.29) is 54.4 Å². The number of hydrogen-bond acceptors (Lipinski definition) is 7. The summed E-state index contributed by atoms with van der Waals surface area (Å²) < 4.78 is 26.6. The van der Waals surface area contributed by atoms with Gasteiger partial charge in [-0.25, -0.2) is 0 Å². The third kappa shape index (κ3) is 5.29. The zero-order valence-electron chi connectivity index (χ0n) is 15.5. The van der Waals surface area contributed by atoms with Crippen molar-refractivity contribution in [2.45, 2.75) is 13.5 Å². The molecule has 0 aromatic heterocycles. The molecule has 0 aliphatic heterocycles. The third-order valence-electron chi connectivity index (χ3n) is 3.61. The molecule has 0 radical (unpaired) electrons. The van der Waals surface area contributed by atoms with E-state index in [0.29, 0.717) is 6.29 Å². The lowest BCUT2D eigenvalue weighted by molar-refractivity contribution is 0.0447. The summed E-state index contributed by atoms with van der Waals surface area (Å²) >= 11 is 0. The number of aldehydes is 1. The van der Waals surface area contributed by atoms with Crippen LogP contribution in [0.1, 0.15) is 33.2 Å². The zero-order chi connectivity index (χ0) is 19.6. The first-order valence-corrected chi connectivity index (χ1v) is 8.19. The van der Waals surface area contributed by atoms with Crippen LogP contribution in [0.4, 0.5) is 0 Å². The Kier molecular flexibility index (Phi) is 7.79. The van der Waals surface area contributed by atoms with Gasteiger partial charge in [0.05, 0.1) is 5.56 Å². The molecule has 2 aromatic carbocycles. The molecule has 0 amide bonds. The van der Waals surface area contributed by atoms with E-state index >= 15 is 0 Å². The lowest BCUT2D eigenvalue weighted by Crippen LogP contribution is -2.11. The molecule has 0 aliphatic carbocycles. The summed E-state index contributed by atoms with van der Waals surface area (Å²) in [7, 11) is 2.92. The summed E-state index contributed by atoms with van der Waals surface area (Å²) in [6, 6.07) is 10.8. The van der Waals surface area contributed by atoms with Gasteiger partial charge in [-0.1, -0.05) is 30.3 Å². The molecule has 144 valence electrons. The second-order valence-corrected chi connectivity index (χ2v) is 5.54.